The van der Waals surface area contributed by atoms with Gasteiger partial charge in [-0.2, -0.15) is 0 Å². The topological polar surface area (TPSA) is 66.2 Å². The van der Waals surface area contributed by atoms with Gasteiger partial charge in [0.05, 0.1) is 5.09 Å². The third-order valence-electron chi connectivity index (χ3n) is 0. The first-order valence-electron chi connectivity index (χ1n) is 0.548. The number of rotatable bonds is 0. The Bertz CT molecular complexity index is 35.9. The van der Waals surface area contributed by atoms with E-state index >= 15 is 0 Å². The fourth-order valence-corrected chi connectivity index (χ4v) is 0. The van der Waals surface area contributed by atoms with Crippen molar-refractivity contribution in [3.8, 4) is 0 Å². The Labute approximate surface area is 70.5 Å². The summed E-state index contributed by atoms with van der Waals surface area (Å²) in [4.78, 5) is 8.25. The summed E-state index contributed by atoms with van der Waals surface area (Å²) in [5.74, 6) is 0. The zero-order valence-electron chi connectivity index (χ0n) is 4.05. The molecule has 0 aromatic carbocycles. The van der Waals surface area contributed by atoms with Crippen molar-refractivity contribution in [3.63, 3.8) is 0 Å². The molecule has 0 rings (SSSR count). The number of hydrogen-bond acceptors (Lipinski definition) is 3. The van der Waals surface area contributed by atoms with Crippen LogP contribution in [0.3, 0.4) is 0 Å². The van der Waals surface area contributed by atoms with Gasteiger partial charge in [-0.25, -0.2) is 0 Å². The van der Waals surface area contributed by atoms with Gasteiger partial charge in [-0.15, -0.1) is 0 Å². The molecule has 7 heavy (non-hydrogen) atoms. The van der Waals surface area contributed by atoms with Crippen LogP contribution in [0.25, 0.3) is 0 Å². The monoisotopic (exact) mass is 111 g/mol. The SMILES string of the molecule is O=[N+]([O-])[O-].[Cl-].[Li+].[Li+]. The smallest absolute Gasteiger partial charge is 1.00 e. The first-order chi connectivity index (χ1) is 1.73. The van der Waals surface area contributed by atoms with Crippen molar-refractivity contribution in [1.82, 2.24) is 0 Å². The molecular formula is ClLi2NO3. The van der Waals surface area contributed by atoms with E-state index in [1.54, 1.807) is 0 Å². The van der Waals surface area contributed by atoms with Crippen LogP contribution in [0.1, 0.15) is 0 Å². The van der Waals surface area contributed by atoms with E-state index in [2.05, 4.69) is 0 Å². The van der Waals surface area contributed by atoms with Crippen LogP contribution in [0.15, 0.2) is 0 Å². The van der Waals surface area contributed by atoms with Crippen molar-refractivity contribution in [3.05, 3.63) is 15.3 Å². The Morgan fingerprint density at radius 2 is 1.14 bits per heavy atom. The van der Waals surface area contributed by atoms with Crippen molar-refractivity contribution >= 4 is 0 Å². The average Bonchev–Trinajstić information content (AvgIpc) is 0.811. The molecule has 0 spiro atoms. The van der Waals surface area contributed by atoms with Gasteiger partial charge >= 0.3 is 37.7 Å². The van der Waals surface area contributed by atoms with Crippen LogP contribution in [-0.4, -0.2) is 5.09 Å². The maximum atomic E-state index is 8.25. The van der Waals surface area contributed by atoms with E-state index in [1.165, 1.54) is 0 Å². The first-order valence-corrected chi connectivity index (χ1v) is 0.548. The molecule has 0 bridgehead atoms. The summed E-state index contributed by atoms with van der Waals surface area (Å²) >= 11 is 0. The van der Waals surface area contributed by atoms with Gasteiger partial charge in [-0.3, -0.25) is 0 Å². The molecule has 0 radical (unpaired) electrons. The summed E-state index contributed by atoms with van der Waals surface area (Å²) in [5.41, 5.74) is 0. The van der Waals surface area contributed by atoms with Gasteiger partial charge in [0.25, 0.3) is 0 Å². The Balaban J connectivity index is -0.0000000150. The largest absolute Gasteiger partial charge is 1.00 e. The van der Waals surface area contributed by atoms with E-state index in [4.69, 9.17) is 15.3 Å². The third-order valence-corrected chi connectivity index (χ3v) is 0. The minimum atomic E-state index is -1.75. The van der Waals surface area contributed by atoms with E-state index < -0.39 is 5.09 Å². The Hall–Kier alpha value is 0.685. The number of nitrogens with zero attached hydrogens (tertiary/aromatic N) is 1. The molecule has 0 aliphatic carbocycles. The minimum absolute atomic E-state index is 0. The quantitative estimate of drug-likeness (QED) is 0.177. The summed E-state index contributed by atoms with van der Waals surface area (Å²) in [7, 11) is 0. The summed E-state index contributed by atoms with van der Waals surface area (Å²) in [6.07, 6.45) is 0. The predicted molar refractivity (Wildman–Crippen MR) is 10.4 cm³/mol. The Kier molecular flexibility index (Phi) is 57.5. The van der Waals surface area contributed by atoms with Crippen LogP contribution in [0.2, 0.25) is 0 Å². The van der Waals surface area contributed by atoms with E-state index in [-0.39, 0.29) is 50.1 Å². The molecule has 0 aromatic heterocycles. The van der Waals surface area contributed by atoms with Gasteiger partial charge in [-0.1, -0.05) is 0 Å². The second-order valence-electron chi connectivity index (χ2n) is 0.224. The molecule has 0 aromatic rings. The molecular weight excluding hydrogens is 111 g/mol. The maximum absolute atomic E-state index is 8.25. The van der Waals surface area contributed by atoms with Crippen molar-refractivity contribution in [2.75, 3.05) is 0 Å². The molecule has 0 unspecified atom stereocenters. The molecule has 4 nitrogen and oxygen atoms in total. The van der Waals surface area contributed by atoms with Gasteiger partial charge in [-0.05, 0) is 0 Å². The Morgan fingerprint density at radius 1 is 1.14 bits per heavy atom. The standard InChI is InChI=1S/ClH.2Li.NO3/c;;;2-1(3)4/h1H;;;/q;2*+1;-1/p-1. The number of hydrogen-bond donors (Lipinski definition) is 0. The third kappa shape index (κ3) is 313. The zero-order valence-corrected chi connectivity index (χ0v) is 4.81. The molecule has 0 heterocycles. The molecule has 0 aliphatic heterocycles. The van der Waals surface area contributed by atoms with E-state index in [0.717, 1.165) is 0 Å². The van der Waals surface area contributed by atoms with Gasteiger partial charge in [0, 0.05) is 0 Å². The summed E-state index contributed by atoms with van der Waals surface area (Å²) < 4.78 is 0. The minimum Gasteiger partial charge on any atom is -1.00 e. The van der Waals surface area contributed by atoms with Gasteiger partial charge in [0.1, 0.15) is 0 Å². The normalized spacial score (nSPS) is 3.43. The second kappa shape index (κ2) is 15.9. The van der Waals surface area contributed by atoms with Crippen LogP contribution in [0.4, 0.5) is 0 Å². The van der Waals surface area contributed by atoms with E-state index in [0.29, 0.717) is 0 Å². The molecule has 0 N–H and O–H groups in total. The molecule has 0 atom stereocenters. The Morgan fingerprint density at radius 3 is 1.14 bits per heavy atom. The molecule has 0 saturated heterocycles. The van der Waals surface area contributed by atoms with Crippen LogP contribution in [0.5, 0.6) is 0 Å². The maximum Gasteiger partial charge on any atom is 1.00 e. The molecule has 0 fully saturated rings. The van der Waals surface area contributed by atoms with Crippen LogP contribution < -0.4 is 50.1 Å². The summed E-state index contributed by atoms with van der Waals surface area (Å²) in [6, 6.07) is 0. The molecule has 7 heteroatoms. The van der Waals surface area contributed by atoms with Gasteiger partial charge in [0.2, 0.25) is 0 Å². The first kappa shape index (κ1) is 25.3. The predicted octanol–water partition coefficient (Wildman–Crippen LogP) is -9.23. The van der Waals surface area contributed by atoms with E-state index in [1.807, 2.05) is 0 Å². The van der Waals surface area contributed by atoms with Crippen molar-refractivity contribution in [1.29, 1.82) is 0 Å². The van der Waals surface area contributed by atoms with Crippen LogP contribution in [0, 0.1) is 15.3 Å². The second-order valence-corrected chi connectivity index (χ2v) is 0.224. The molecule has 0 saturated carbocycles. The van der Waals surface area contributed by atoms with Gasteiger partial charge in [0.15, 0.2) is 0 Å². The van der Waals surface area contributed by atoms with Gasteiger partial charge < -0.3 is 27.7 Å². The molecule has 0 aliphatic rings. The fourth-order valence-electron chi connectivity index (χ4n) is 0. The number of halogens is 1. The molecule has 32 valence electrons. The molecule has 0 amide bonds. The average molecular weight is 111 g/mol. The van der Waals surface area contributed by atoms with Crippen LogP contribution in [-0.2, 0) is 0 Å². The van der Waals surface area contributed by atoms with E-state index in [9.17, 15) is 0 Å². The van der Waals surface area contributed by atoms with Crippen molar-refractivity contribution < 1.29 is 55.2 Å². The zero-order chi connectivity index (χ0) is 3.58. The summed E-state index contributed by atoms with van der Waals surface area (Å²) in [5, 5.41) is 14.8. The van der Waals surface area contributed by atoms with Crippen molar-refractivity contribution in [2.24, 2.45) is 0 Å². The fraction of sp³-hybridized carbons (Fsp3) is 0. The van der Waals surface area contributed by atoms with Crippen LogP contribution >= 0.6 is 0 Å². The summed E-state index contributed by atoms with van der Waals surface area (Å²) in [6.45, 7) is 0. The van der Waals surface area contributed by atoms with Crippen molar-refractivity contribution in [2.45, 2.75) is 0 Å².